The van der Waals surface area contributed by atoms with Crippen molar-refractivity contribution in [2.75, 3.05) is 0 Å². The van der Waals surface area contributed by atoms with Crippen LogP contribution < -0.4 is 0 Å². The van der Waals surface area contributed by atoms with Crippen molar-refractivity contribution in [2.45, 2.75) is 19.6 Å². The van der Waals surface area contributed by atoms with Crippen LogP contribution >= 0.6 is 0 Å². The van der Waals surface area contributed by atoms with Crippen molar-refractivity contribution in [3.63, 3.8) is 0 Å². The second-order valence-electron chi connectivity index (χ2n) is 2.49. The molecule has 1 aromatic rings. The van der Waals surface area contributed by atoms with Crippen molar-refractivity contribution >= 4 is 0 Å². The summed E-state index contributed by atoms with van der Waals surface area (Å²) in [7, 11) is 0. The first-order chi connectivity index (χ1) is 6.04. The first-order valence-corrected chi connectivity index (χ1v) is 3.76. The zero-order chi connectivity index (χ0) is 9.90. The van der Waals surface area contributed by atoms with E-state index in [1.165, 1.54) is 10.9 Å². The van der Waals surface area contributed by atoms with Crippen LogP contribution in [0.1, 0.15) is 12.6 Å². The van der Waals surface area contributed by atoms with Gasteiger partial charge >= 0.3 is 6.18 Å². The molecule has 0 amide bonds. The van der Waals surface area contributed by atoms with E-state index in [9.17, 15) is 13.2 Å². The van der Waals surface area contributed by atoms with E-state index in [2.05, 4.69) is 5.10 Å². The number of nitrogens with zero attached hydrogens (tertiary/aromatic N) is 2. The molecule has 13 heavy (non-hydrogen) atoms. The Hall–Kier alpha value is -1.26. The Bertz CT molecular complexity index is 299. The van der Waals surface area contributed by atoms with Crippen LogP contribution in [0.4, 0.5) is 13.2 Å². The van der Waals surface area contributed by atoms with Crippen LogP contribution in [0.25, 0.3) is 0 Å². The quantitative estimate of drug-likeness (QED) is 0.655. The van der Waals surface area contributed by atoms with Crippen molar-refractivity contribution in [3.05, 3.63) is 30.1 Å². The molecule has 0 atom stereocenters. The topological polar surface area (TPSA) is 17.8 Å². The number of alkyl halides is 3. The molecule has 0 saturated carbocycles. The minimum Gasteiger partial charge on any atom is -0.268 e. The molecular weight excluding hydrogens is 181 g/mol. The fraction of sp³-hybridized carbons (Fsp3) is 0.375. The highest BCUT2D eigenvalue weighted by molar-refractivity contribution is 5.03. The smallest absolute Gasteiger partial charge is 0.268 e. The fourth-order valence-corrected chi connectivity index (χ4v) is 0.828. The van der Waals surface area contributed by atoms with Gasteiger partial charge in [-0.1, -0.05) is 12.2 Å². The number of hydrogen-bond acceptors (Lipinski definition) is 1. The van der Waals surface area contributed by atoms with Crippen LogP contribution in [0.3, 0.4) is 0 Å². The molecule has 0 saturated heterocycles. The van der Waals surface area contributed by atoms with Gasteiger partial charge in [0, 0.05) is 6.20 Å². The first-order valence-electron chi connectivity index (χ1n) is 3.76. The lowest BCUT2D eigenvalue weighted by atomic mass is 10.4. The van der Waals surface area contributed by atoms with Crippen LogP contribution in [-0.2, 0) is 12.7 Å². The zero-order valence-electron chi connectivity index (χ0n) is 7.04. The largest absolute Gasteiger partial charge is 0.435 e. The van der Waals surface area contributed by atoms with Crippen LogP contribution in [0, 0.1) is 0 Å². The van der Waals surface area contributed by atoms with E-state index < -0.39 is 11.9 Å². The number of aromatic nitrogens is 2. The van der Waals surface area contributed by atoms with Gasteiger partial charge in [-0.2, -0.15) is 18.3 Å². The molecule has 0 spiro atoms. The summed E-state index contributed by atoms with van der Waals surface area (Å²) in [6.07, 6.45) is 0.450. The van der Waals surface area contributed by atoms with Gasteiger partial charge in [-0.25, -0.2) is 0 Å². The molecule has 1 aromatic heterocycles. The van der Waals surface area contributed by atoms with E-state index in [4.69, 9.17) is 0 Å². The van der Waals surface area contributed by atoms with Crippen molar-refractivity contribution in [3.8, 4) is 0 Å². The SMILES string of the molecule is C/C=C/Cn1ccc(C(F)(F)F)n1. The van der Waals surface area contributed by atoms with Gasteiger partial charge in [-0.05, 0) is 13.0 Å². The number of halogens is 3. The van der Waals surface area contributed by atoms with Crippen molar-refractivity contribution in [1.29, 1.82) is 0 Å². The van der Waals surface area contributed by atoms with Crippen molar-refractivity contribution < 1.29 is 13.2 Å². The summed E-state index contributed by atoms with van der Waals surface area (Å²) in [6, 6.07) is 0.962. The summed E-state index contributed by atoms with van der Waals surface area (Å²) in [6.45, 7) is 2.17. The minimum atomic E-state index is -4.35. The predicted octanol–water partition coefficient (Wildman–Crippen LogP) is 2.48. The summed E-state index contributed by atoms with van der Waals surface area (Å²) in [4.78, 5) is 0. The maximum absolute atomic E-state index is 12.0. The summed E-state index contributed by atoms with van der Waals surface area (Å²) in [5.74, 6) is 0. The normalized spacial score (nSPS) is 12.6. The third-order valence-corrected chi connectivity index (χ3v) is 1.46. The molecule has 0 aliphatic heterocycles. The molecule has 0 unspecified atom stereocenters. The van der Waals surface area contributed by atoms with Gasteiger partial charge in [0.25, 0.3) is 0 Å². The molecule has 5 heteroatoms. The molecule has 0 radical (unpaired) electrons. The third-order valence-electron chi connectivity index (χ3n) is 1.46. The molecule has 0 aromatic carbocycles. The first kappa shape index (κ1) is 9.83. The lowest BCUT2D eigenvalue weighted by molar-refractivity contribution is -0.141. The Morgan fingerprint density at radius 3 is 2.69 bits per heavy atom. The molecule has 1 heterocycles. The van der Waals surface area contributed by atoms with Crippen LogP contribution in [-0.4, -0.2) is 9.78 Å². The van der Waals surface area contributed by atoms with E-state index in [0.717, 1.165) is 6.07 Å². The molecule has 2 nitrogen and oxygen atoms in total. The second-order valence-corrected chi connectivity index (χ2v) is 2.49. The van der Waals surface area contributed by atoms with Gasteiger partial charge in [-0.3, -0.25) is 4.68 Å². The maximum atomic E-state index is 12.0. The Morgan fingerprint density at radius 1 is 1.54 bits per heavy atom. The molecule has 0 aliphatic carbocycles. The third kappa shape index (κ3) is 2.61. The van der Waals surface area contributed by atoms with E-state index in [1.807, 2.05) is 0 Å². The summed E-state index contributed by atoms with van der Waals surface area (Å²) >= 11 is 0. The van der Waals surface area contributed by atoms with Gasteiger partial charge in [-0.15, -0.1) is 0 Å². The highest BCUT2D eigenvalue weighted by atomic mass is 19.4. The molecule has 0 bridgehead atoms. The predicted molar refractivity (Wildman–Crippen MR) is 42.0 cm³/mol. The highest BCUT2D eigenvalue weighted by Gasteiger charge is 2.33. The van der Waals surface area contributed by atoms with E-state index in [-0.39, 0.29) is 0 Å². The lowest BCUT2D eigenvalue weighted by Crippen LogP contribution is -2.07. The minimum absolute atomic E-state index is 0.368. The van der Waals surface area contributed by atoms with Crippen LogP contribution in [0.5, 0.6) is 0 Å². The monoisotopic (exact) mass is 190 g/mol. The molecular formula is C8H9F3N2. The summed E-state index contributed by atoms with van der Waals surface area (Å²) in [5.41, 5.74) is -0.850. The Morgan fingerprint density at radius 2 is 2.23 bits per heavy atom. The Labute approximate surface area is 73.7 Å². The second kappa shape index (κ2) is 3.64. The van der Waals surface area contributed by atoms with Crippen molar-refractivity contribution in [1.82, 2.24) is 9.78 Å². The van der Waals surface area contributed by atoms with Crippen LogP contribution in [0.15, 0.2) is 24.4 Å². The fourth-order valence-electron chi connectivity index (χ4n) is 0.828. The molecule has 0 N–H and O–H groups in total. The lowest BCUT2D eigenvalue weighted by Gasteiger charge is -2.00. The van der Waals surface area contributed by atoms with Gasteiger partial charge < -0.3 is 0 Å². The van der Waals surface area contributed by atoms with E-state index in [1.54, 1.807) is 19.1 Å². The van der Waals surface area contributed by atoms with Gasteiger partial charge in [0.1, 0.15) is 0 Å². The van der Waals surface area contributed by atoms with Gasteiger partial charge in [0.2, 0.25) is 0 Å². The average Bonchev–Trinajstić information content (AvgIpc) is 2.47. The Balaban J connectivity index is 2.75. The van der Waals surface area contributed by atoms with Crippen LogP contribution in [0.2, 0.25) is 0 Å². The highest BCUT2D eigenvalue weighted by Crippen LogP contribution is 2.27. The number of allylic oxidation sites excluding steroid dienone is 2. The average molecular weight is 190 g/mol. The Kier molecular flexibility index (Phi) is 2.75. The van der Waals surface area contributed by atoms with E-state index >= 15 is 0 Å². The number of rotatable bonds is 2. The number of hydrogen-bond donors (Lipinski definition) is 0. The van der Waals surface area contributed by atoms with Gasteiger partial charge in [0.15, 0.2) is 5.69 Å². The molecule has 0 fully saturated rings. The van der Waals surface area contributed by atoms with Gasteiger partial charge in [0.05, 0.1) is 6.54 Å². The maximum Gasteiger partial charge on any atom is 0.435 e. The standard InChI is InChI=1S/C8H9F3N2/c1-2-3-5-13-6-4-7(12-13)8(9,10)11/h2-4,6H,5H2,1H3/b3-2+. The zero-order valence-corrected chi connectivity index (χ0v) is 7.04. The summed E-state index contributed by atoms with van der Waals surface area (Å²) in [5, 5.41) is 3.36. The van der Waals surface area contributed by atoms with E-state index in [0.29, 0.717) is 6.54 Å². The molecule has 0 aliphatic rings. The molecule has 72 valence electrons. The van der Waals surface area contributed by atoms with Crippen molar-refractivity contribution in [2.24, 2.45) is 0 Å². The molecule has 1 rings (SSSR count). The summed E-state index contributed by atoms with van der Waals surface area (Å²) < 4.78 is 37.3.